The monoisotopic (exact) mass is 282 g/mol. The molecule has 2 aromatic rings. The molecule has 1 aromatic heterocycles. The fourth-order valence-electron chi connectivity index (χ4n) is 1.77. The standard InChI is InChI=1S/C13H15ClN2OS/c14-13-9-4-1-2-5-10(9)18-11(13)8-16-7-3-6-12(15)17/h1-2,4-5,16H,3,6-8H2,(H2,15,17). The molecule has 1 amide bonds. The van der Waals surface area contributed by atoms with Gasteiger partial charge in [-0.1, -0.05) is 29.8 Å². The van der Waals surface area contributed by atoms with Crippen molar-refractivity contribution in [3.63, 3.8) is 0 Å². The number of nitrogens with two attached hydrogens (primary N) is 1. The van der Waals surface area contributed by atoms with Crippen molar-refractivity contribution in [1.82, 2.24) is 5.32 Å². The van der Waals surface area contributed by atoms with Gasteiger partial charge in [0, 0.05) is 27.9 Å². The van der Waals surface area contributed by atoms with E-state index in [-0.39, 0.29) is 5.91 Å². The van der Waals surface area contributed by atoms with Crippen LogP contribution in [0.15, 0.2) is 24.3 Å². The molecule has 0 saturated carbocycles. The summed E-state index contributed by atoms with van der Waals surface area (Å²) in [4.78, 5) is 11.7. The number of hydrogen-bond donors (Lipinski definition) is 2. The number of halogens is 1. The van der Waals surface area contributed by atoms with Crippen LogP contribution in [0.5, 0.6) is 0 Å². The van der Waals surface area contributed by atoms with Crippen LogP contribution in [0.1, 0.15) is 17.7 Å². The van der Waals surface area contributed by atoms with Gasteiger partial charge >= 0.3 is 0 Å². The minimum atomic E-state index is -0.253. The molecule has 0 saturated heterocycles. The van der Waals surface area contributed by atoms with Crippen molar-refractivity contribution in [3.05, 3.63) is 34.2 Å². The van der Waals surface area contributed by atoms with E-state index in [1.54, 1.807) is 11.3 Å². The zero-order chi connectivity index (χ0) is 13.0. The summed E-state index contributed by atoms with van der Waals surface area (Å²) in [5.41, 5.74) is 5.08. The average Bonchev–Trinajstić information content (AvgIpc) is 2.66. The number of amides is 1. The zero-order valence-electron chi connectivity index (χ0n) is 9.91. The summed E-state index contributed by atoms with van der Waals surface area (Å²) in [7, 11) is 0. The van der Waals surface area contributed by atoms with Crippen LogP contribution in [-0.2, 0) is 11.3 Å². The quantitative estimate of drug-likeness (QED) is 0.801. The summed E-state index contributed by atoms with van der Waals surface area (Å²) in [5.74, 6) is -0.253. The second-order valence-electron chi connectivity index (χ2n) is 4.08. The van der Waals surface area contributed by atoms with Gasteiger partial charge in [-0.25, -0.2) is 0 Å². The van der Waals surface area contributed by atoms with Gasteiger partial charge in [-0.3, -0.25) is 4.79 Å². The molecule has 5 heteroatoms. The van der Waals surface area contributed by atoms with Gasteiger partial charge in [0.15, 0.2) is 0 Å². The highest BCUT2D eigenvalue weighted by molar-refractivity contribution is 7.19. The van der Waals surface area contributed by atoms with Crippen molar-refractivity contribution in [2.75, 3.05) is 6.54 Å². The van der Waals surface area contributed by atoms with E-state index in [0.717, 1.165) is 34.8 Å². The Morgan fingerprint density at radius 1 is 1.39 bits per heavy atom. The predicted molar refractivity (Wildman–Crippen MR) is 77.0 cm³/mol. The number of thiophene rings is 1. The van der Waals surface area contributed by atoms with Gasteiger partial charge < -0.3 is 11.1 Å². The van der Waals surface area contributed by atoms with Crippen LogP contribution in [0, 0.1) is 0 Å². The molecule has 18 heavy (non-hydrogen) atoms. The Morgan fingerprint density at radius 2 is 2.17 bits per heavy atom. The van der Waals surface area contributed by atoms with E-state index >= 15 is 0 Å². The second kappa shape index (κ2) is 6.18. The third-order valence-corrected chi connectivity index (χ3v) is 4.38. The third kappa shape index (κ3) is 3.22. The molecule has 0 aliphatic carbocycles. The van der Waals surface area contributed by atoms with Crippen LogP contribution in [0.25, 0.3) is 10.1 Å². The summed E-state index contributed by atoms with van der Waals surface area (Å²) in [6, 6.07) is 8.11. The smallest absolute Gasteiger partial charge is 0.217 e. The average molecular weight is 283 g/mol. The van der Waals surface area contributed by atoms with E-state index < -0.39 is 0 Å². The first-order chi connectivity index (χ1) is 8.68. The van der Waals surface area contributed by atoms with Crippen LogP contribution in [0.2, 0.25) is 5.02 Å². The minimum absolute atomic E-state index is 0.253. The Bertz CT molecular complexity index is 553. The Labute approximate surface area is 115 Å². The maximum Gasteiger partial charge on any atom is 0.217 e. The fourth-order valence-corrected chi connectivity index (χ4v) is 3.24. The van der Waals surface area contributed by atoms with Gasteiger partial charge in [0.25, 0.3) is 0 Å². The predicted octanol–water partition coefficient (Wildman–Crippen LogP) is 2.91. The Morgan fingerprint density at radius 3 is 2.89 bits per heavy atom. The molecule has 3 N–H and O–H groups in total. The van der Waals surface area contributed by atoms with Crippen molar-refractivity contribution in [3.8, 4) is 0 Å². The molecule has 0 unspecified atom stereocenters. The van der Waals surface area contributed by atoms with Gasteiger partial charge in [0.2, 0.25) is 5.91 Å². The lowest BCUT2D eigenvalue weighted by molar-refractivity contribution is -0.118. The number of rotatable bonds is 6. The zero-order valence-corrected chi connectivity index (χ0v) is 11.5. The molecule has 0 radical (unpaired) electrons. The van der Waals surface area contributed by atoms with Crippen LogP contribution in [0.4, 0.5) is 0 Å². The largest absolute Gasteiger partial charge is 0.370 e. The molecule has 0 bridgehead atoms. The molecule has 0 aliphatic rings. The molecule has 0 fully saturated rings. The van der Waals surface area contributed by atoms with Gasteiger partial charge in [-0.05, 0) is 19.0 Å². The van der Waals surface area contributed by atoms with Crippen LogP contribution in [-0.4, -0.2) is 12.5 Å². The normalized spacial score (nSPS) is 10.9. The SMILES string of the molecule is NC(=O)CCCNCc1sc2ccccc2c1Cl. The summed E-state index contributed by atoms with van der Waals surface area (Å²) in [5, 5.41) is 5.22. The van der Waals surface area contributed by atoms with Gasteiger partial charge in [0.05, 0.1) is 5.02 Å². The minimum Gasteiger partial charge on any atom is -0.370 e. The number of carbonyl (C=O) groups excluding carboxylic acids is 1. The Hall–Kier alpha value is -1.10. The first-order valence-electron chi connectivity index (χ1n) is 5.83. The molecule has 0 aliphatic heterocycles. The summed E-state index contributed by atoms with van der Waals surface area (Å²) in [6.07, 6.45) is 1.19. The molecule has 1 heterocycles. The third-order valence-electron chi connectivity index (χ3n) is 2.66. The second-order valence-corrected chi connectivity index (χ2v) is 5.60. The van der Waals surface area contributed by atoms with E-state index in [1.165, 1.54) is 4.70 Å². The Kier molecular flexibility index (Phi) is 4.58. The van der Waals surface area contributed by atoms with Gasteiger partial charge in [-0.2, -0.15) is 0 Å². The van der Waals surface area contributed by atoms with Gasteiger partial charge in [0.1, 0.15) is 0 Å². The first kappa shape index (κ1) is 13.3. The molecule has 3 nitrogen and oxygen atoms in total. The Balaban J connectivity index is 1.91. The molecular weight excluding hydrogens is 268 g/mol. The lowest BCUT2D eigenvalue weighted by atomic mass is 10.2. The van der Waals surface area contributed by atoms with E-state index in [9.17, 15) is 4.79 Å². The topological polar surface area (TPSA) is 55.1 Å². The molecular formula is C13H15ClN2OS. The lowest BCUT2D eigenvalue weighted by Crippen LogP contribution is -2.17. The number of hydrogen-bond acceptors (Lipinski definition) is 3. The molecule has 0 atom stereocenters. The van der Waals surface area contributed by atoms with Crippen molar-refractivity contribution >= 4 is 38.9 Å². The molecule has 0 spiro atoms. The van der Waals surface area contributed by atoms with Crippen LogP contribution >= 0.6 is 22.9 Å². The van der Waals surface area contributed by atoms with Crippen molar-refractivity contribution < 1.29 is 4.79 Å². The maximum absolute atomic E-state index is 10.6. The summed E-state index contributed by atoms with van der Waals surface area (Å²) >= 11 is 8.02. The molecule has 1 aromatic carbocycles. The van der Waals surface area contributed by atoms with E-state index in [1.807, 2.05) is 18.2 Å². The highest BCUT2D eigenvalue weighted by Crippen LogP contribution is 2.34. The maximum atomic E-state index is 10.6. The van der Waals surface area contributed by atoms with Crippen molar-refractivity contribution in [1.29, 1.82) is 0 Å². The first-order valence-corrected chi connectivity index (χ1v) is 7.03. The number of fused-ring (bicyclic) bond motifs is 1. The van der Waals surface area contributed by atoms with E-state index in [2.05, 4.69) is 11.4 Å². The number of nitrogens with one attached hydrogen (secondary N) is 1. The van der Waals surface area contributed by atoms with Crippen LogP contribution < -0.4 is 11.1 Å². The van der Waals surface area contributed by atoms with Crippen molar-refractivity contribution in [2.24, 2.45) is 5.73 Å². The molecule has 96 valence electrons. The van der Waals surface area contributed by atoms with Crippen molar-refractivity contribution in [2.45, 2.75) is 19.4 Å². The molecule has 2 rings (SSSR count). The highest BCUT2D eigenvalue weighted by Gasteiger charge is 2.08. The summed E-state index contributed by atoms with van der Waals surface area (Å²) < 4.78 is 1.21. The number of carbonyl (C=O) groups is 1. The highest BCUT2D eigenvalue weighted by atomic mass is 35.5. The van der Waals surface area contributed by atoms with E-state index in [0.29, 0.717) is 6.42 Å². The number of benzene rings is 1. The summed E-state index contributed by atoms with van der Waals surface area (Å²) in [6.45, 7) is 1.50. The van der Waals surface area contributed by atoms with Gasteiger partial charge in [-0.15, -0.1) is 11.3 Å². The van der Waals surface area contributed by atoms with E-state index in [4.69, 9.17) is 17.3 Å². The van der Waals surface area contributed by atoms with Crippen LogP contribution in [0.3, 0.4) is 0 Å². The number of primary amides is 1. The lowest BCUT2D eigenvalue weighted by Gasteiger charge is -2.02. The fraction of sp³-hybridized carbons (Fsp3) is 0.308.